The third-order valence-corrected chi connectivity index (χ3v) is 4.51. The molecule has 0 unspecified atom stereocenters. The summed E-state index contributed by atoms with van der Waals surface area (Å²) in [4.78, 5) is 0. The molecule has 0 amide bonds. The van der Waals surface area contributed by atoms with Crippen molar-refractivity contribution in [3.8, 4) is 5.75 Å². The van der Waals surface area contributed by atoms with Gasteiger partial charge in [-0.25, -0.2) is 0 Å². The van der Waals surface area contributed by atoms with E-state index in [1.54, 1.807) is 0 Å². The molecule has 0 atom stereocenters. The molecule has 1 rings (SSSR count). The van der Waals surface area contributed by atoms with Crippen LogP contribution >= 0.6 is 0 Å². The molecule has 1 aromatic carbocycles. The third-order valence-electron chi connectivity index (χ3n) is 4.51. The van der Waals surface area contributed by atoms with Gasteiger partial charge in [0, 0.05) is 0 Å². The number of hydrogen-bond acceptors (Lipinski definition) is 1. The second kappa shape index (κ2) is 23.1. The summed E-state index contributed by atoms with van der Waals surface area (Å²) in [5.41, 5.74) is 0. The zero-order valence-corrected chi connectivity index (χ0v) is 15.4. The summed E-state index contributed by atoms with van der Waals surface area (Å²) in [7, 11) is 0. The van der Waals surface area contributed by atoms with E-state index in [-0.39, 0.29) is 59.1 Å². The molecule has 0 heterocycles. The van der Waals surface area contributed by atoms with Crippen LogP contribution in [0.4, 0.5) is 0 Å². The maximum absolute atomic E-state index is 5.71. The normalized spacial score (nSPS) is 9.96. The van der Waals surface area contributed by atoms with Gasteiger partial charge in [0.25, 0.3) is 0 Å². The first kappa shape index (κ1) is 28.2. The van der Waals surface area contributed by atoms with E-state index in [0.717, 1.165) is 12.4 Å². The van der Waals surface area contributed by atoms with Crippen LogP contribution in [0.3, 0.4) is 0 Å². The molecule has 0 aromatic heterocycles. The molecule has 0 fully saturated rings. The minimum atomic E-state index is 0. The molecule has 0 saturated carbocycles. The number of benzene rings is 1. The van der Waals surface area contributed by atoms with Crippen molar-refractivity contribution in [1.29, 1.82) is 0 Å². The van der Waals surface area contributed by atoms with Gasteiger partial charge < -0.3 is 4.74 Å². The molecule has 0 N–H and O–H groups in total. The van der Waals surface area contributed by atoms with Gasteiger partial charge in [-0.1, -0.05) is 109 Å². The summed E-state index contributed by atoms with van der Waals surface area (Å²) in [6.07, 6.45) is 19.7. The Morgan fingerprint density at radius 2 is 0.960 bits per heavy atom. The summed E-state index contributed by atoms with van der Waals surface area (Å²) in [5.74, 6) is 1.00. The summed E-state index contributed by atoms with van der Waals surface area (Å²) in [5, 5.41) is 0. The first-order valence-electron chi connectivity index (χ1n) is 10.1. The van der Waals surface area contributed by atoms with Crippen LogP contribution in [0.1, 0.15) is 96.8 Å². The fourth-order valence-electron chi connectivity index (χ4n) is 3.00. The summed E-state index contributed by atoms with van der Waals surface area (Å²) >= 11 is 0. The van der Waals surface area contributed by atoms with Crippen molar-refractivity contribution in [2.24, 2.45) is 0 Å². The van der Waals surface area contributed by atoms with Crippen LogP contribution in [0.5, 0.6) is 5.75 Å². The average Bonchev–Trinajstić information content (AvgIpc) is 2.59. The minimum absolute atomic E-state index is 0. The van der Waals surface area contributed by atoms with Crippen LogP contribution in [0.25, 0.3) is 0 Å². The Kier molecular flexibility index (Phi) is 26.0. The second-order valence-corrected chi connectivity index (χ2v) is 6.76. The Morgan fingerprint density at radius 3 is 1.40 bits per heavy atom. The maximum atomic E-state index is 5.71. The fourth-order valence-corrected chi connectivity index (χ4v) is 3.00. The number of hydrogen-bond donors (Lipinski definition) is 0. The fraction of sp³-hybridized carbons (Fsp3) is 0.727. The van der Waals surface area contributed by atoms with Crippen LogP contribution in [-0.4, -0.2) is 65.7 Å². The van der Waals surface area contributed by atoms with Crippen molar-refractivity contribution >= 4 is 59.1 Å². The van der Waals surface area contributed by atoms with Crippen LogP contribution < -0.4 is 4.74 Å². The standard InChI is InChI=1S/C22H38O.2Na.2H/c1-2-3-4-5-6-7-8-9-10-11-12-13-14-18-21-23-22-19-16-15-17-20-22;;;;/h15-17,19-20H,2-14,18,21H2,1H3;;;;. The molecular formula is C22H40Na2O. The molecule has 0 radical (unpaired) electrons. The van der Waals surface area contributed by atoms with Crippen LogP contribution in [-0.2, 0) is 0 Å². The van der Waals surface area contributed by atoms with E-state index in [9.17, 15) is 0 Å². The van der Waals surface area contributed by atoms with E-state index in [4.69, 9.17) is 4.74 Å². The van der Waals surface area contributed by atoms with Crippen molar-refractivity contribution < 1.29 is 4.74 Å². The Labute approximate surface area is 201 Å². The van der Waals surface area contributed by atoms with E-state index in [2.05, 4.69) is 6.92 Å². The molecular weight excluding hydrogens is 326 g/mol. The first-order chi connectivity index (χ1) is 11.4. The van der Waals surface area contributed by atoms with Gasteiger partial charge in [0.1, 0.15) is 5.75 Å². The number of unbranched alkanes of at least 4 members (excludes halogenated alkanes) is 13. The third kappa shape index (κ3) is 19.6. The van der Waals surface area contributed by atoms with Crippen LogP contribution in [0.15, 0.2) is 30.3 Å². The molecule has 0 aliphatic carbocycles. The molecule has 0 spiro atoms. The van der Waals surface area contributed by atoms with Crippen molar-refractivity contribution in [2.75, 3.05) is 6.61 Å². The van der Waals surface area contributed by atoms with Gasteiger partial charge in [0.05, 0.1) is 6.61 Å². The van der Waals surface area contributed by atoms with Gasteiger partial charge in [-0.3, -0.25) is 0 Å². The Hall–Kier alpha value is 1.02. The molecule has 0 bridgehead atoms. The predicted octanol–water partition coefficient (Wildman–Crippen LogP) is 6.25. The molecule has 1 nitrogen and oxygen atoms in total. The van der Waals surface area contributed by atoms with Gasteiger partial charge in [-0.15, -0.1) is 0 Å². The van der Waals surface area contributed by atoms with Gasteiger partial charge in [-0.2, -0.15) is 0 Å². The topological polar surface area (TPSA) is 9.23 Å². The molecule has 3 heteroatoms. The van der Waals surface area contributed by atoms with E-state index >= 15 is 0 Å². The monoisotopic (exact) mass is 366 g/mol. The van der Waals surface area contributed by atoms with Crippen LogP contribution in [0, 0.1) is 0 Å². The quantitative estimate of drug-likeness (QED) is 0.248. The molecule has 0 saturated heterocycles. The van der Waals surface area contributed by atoms with Crippen LogP contribution in [0.2, 0.25) is 0 Å². The van der Waals surface area contributed by atoms with E-state index < -0.39 is 0 Å². The van der Waals surface area contributed by atoms with Crippen molar-refractivity contribution in [3.05, 3.63) is 30.3 Å². The SMILES string of the molecule is CCCCCCCCCCCCCCCCOc1ccccc1.[NaH].[NaH]. The summed E-state index contributed by atoms with van der Waals surface area (Å²) in [6.45, 7) is 3.15. The molecule has 25 heavy (non-hydrogen) atoms. The zero-order valence-electron chi connectivity index (χ0n) is 15.4. The first-order valence-corrected chi connectivity index (χ1v) is 10.1. The predicted molar refractivity (Wildman–Crippen MR) is 117 cm³/mol. The average molecular weight is 367 g/mol. The summed E-state index contributed by atoms with van der Waals surface area (Å²) in [6, 6.07) is 10.1. The Bertz CT molecular complexity index is 343. The number of ether oxygens (including phenoxy) is 1. The molecule has 136 valence electrons. The van der Waals surface area contributed by atoms with Crippen molar-refractivity contribution in [3.63, 3.8) is 0 Å². The molecule has 0 aliphatic rings. The molecule has 0 aliphatic heterocycles. The number of para-hydroxylation sites is 1. The van der Waals surface area contributed by atoms with Crippen molar-refractivity contribution in [2.45, 2.75) is 96.8 Å². The zero-order chi connectivity index (χ0) is 16.4. The van der Waals surface area contributed by atoms with Gasteiger partial charge in [0.15, 0.2) is 0 Å². The molecule has 1 aromatic rings. The van der Waals surface area contributed by atoms with Gasteiger partial charge in [0.2, 0.25) is 0 Å². The van der Waals surface area contributed by atoms with E-state index in [0.29, 0.717) is 0 Å². The summed E-state index contributed by atoms with van der Waals surface area (Å²) < 4.78 is 5.71. The van der Waals surface area contributed by atoms with E-state index in [1.807, 2.05) is 30.3 Å². The van der Waals surface area contributed by atoms with Gasteiger partial charge >= 0.3 is 59.1 Å². The van der Waals surface area contributed by atoms with Gasteiger partial charge in [-0.05, 0) is 18.6 Å². The number of rotatable bonds is 16. The Morgan fingerprint density at radius 1 is 0.560 bits per heavy atom. The Balaban J connectivity index is 0. The second-order valence-electron chi connectivity index (χ2n) is 6.76. The van der Waals surface area contributed by atoms with Crippen molar-refractivity contribution in [1.82, 2.24) is 0 Å². The van der Waals surface area contributed by atoms with E-state index in [1.165, 1.54) is 89.9 Å².